The maximum Gasteiger partial charge on any atom is 0.155 e. The summed E-state index contributed by atoms with van der Waals surface area (Å²) in [7, 11) is 0. The number of likely N-dealkylation sites (tertiary alicyclic amines) is 1. The van der Waals surface area contributed by atoms with Crippen LogP contribution in [0.5, 0.6) is 0 Å². The van der Waals surface area contributed by atoms with E-state index in [1.54, 1.807) is 0 Å². The Kier molecular flexibility index (Phi) is 3.51. The zero-order valence-electron chi connectivity index (χ0n) is 11.8. The van der Waals surface area contributed by atoms with Crippen molar-refractivity contribution in [1.29, 1.82) is 0 Å². The standard InChI is InChI=1S/C15H22N4/c1-3-18-10-5-4-8-13(18)11-14-16-15-9-6-7-12(2)19(15)17-14/h6-7,9,13H,3-5,8,10-11H2,1-2H3. The third kappa shape index (κ3) is 2.50. The van der Waals surface area contributed by atoms with Crippen LogP contribution in [0.25, 0.3) is 5.65 Å². The molecule has 19 heavy (non-hydrogen) atoms. The molecule has 0 amide bonds. The van der Waals surface area contributed by atoms with Gasteiger partial charge in [0.15, 0.2) is 11.5 Å². The Morgan fingerprint density at radius 2 is 2.21 bits per heavy atom. The predicted octanol–water partition coefficient (Wildman–Crippen LogP) is 2.45. The second-order valence-electron chi connectivity index (χ2n) is 5.45. The lowest BCUT2D eigenvalue weighted by Crippen LogP contribution is -2.40. The molecule has 0 saturated carbocycles. The van der Waals surface area contributed by atoms with Gasteiger partial charge < -0.3 is 4.90 Å². The molecule has 2 aromatic heterocycles. The Hall–Kier alpha value is -1.42. The molecular formula is C15H22N4. The van der Waals surface area contributed by atoms with E-state index < -0.39 is 0 Å². The van der Waals surface area contributed by atoms with Crippen LogP contribution in [-0.2, 0) is 6.42 Å². The number of likely N-dealkylation sites (N-methyl/N-ethyl adjacent to an activating group) is 1. The van der Waals surface area contributed by atoms with Gasteiger partial charge in [-0.25, -0.2) is 9.50 Å². The Labute approximate surface area is 114 Å². The van der Waals surface area contributed by atoms with Crippen LogP contribution in [0, 0.1) is 6.92 Å². The van der Waals surface area contributed by atoms with Gasteiger partial charge >= 0.3 is 0 Å². The van der Waals surface area contributed by atoms with Crippen LogP contribution in [0.1, 0.15) is 37.7 Å². The number of aromatic nitrogens is 3. The summed E-state index contributed by atoms with van der Waals surface area (Å²) >= 11 is 0. The quantitative estimate of drug-likeness (QED) is 0.848. The lowest BCUT2D eigenvalue weighted by atomic mass is 9.99. The molecule has 1 fully saturated rings. The fourth-order valence-electron chi connectivity index (χ4n) is 3.08. The van der Waals surface area contributed by atoms with Crippen LogP contribution in [0.2, 0.25) is 0 Å². The normalized spacial score (nSPS) is 21.1. The zero-order valence-corrected chi connectivity index (χ0v) is 11.8. The average molecular weight is 258 g/mol. The summed E-state index contributed by atoms with van der Waals surface area (Å²) in [4.78, 5) is 7.23. The second-order valence-corrected chi connectivity index (χ2v) is 5.45. The zero-order chi connectivity index (χ0) is 13.2. The van der Waals surface area contributed by atoms with E-state index in [4.69, 9.17) is 0 Å². The van der Waals surface area contributed by atoms with Gasteiger partial charge in [-0.1, -0.05) is 19.4 Å². The Morgan fingerprint density at radius 3 is 3.00 bits per heavy atom. The first-order valence-corrected chi connectivity index (χ1v) is 7.33. The maximum absolute atomic E-state index is 4.66. The highest BCUT2D eigenvalue weighted by atomic mass is 15.3. The van der Waals surface area contributed by atoms with E-state index in [0.717, 1.165) is 30.1 Å². The Bertz CT molecular complexity index is 560. The molecule has 1 unspecified atom stereocenters. The molecule has 2 aromatic rings. The minimum absolute atomic E-state index is 0.622. The Balaban J connectivity index is 1.82. The van der Waals surface area contributed by atoms with Gasteiger partial charge in [0.05, 0.1) is 0 Å². The number of nitrogens with zero attached hydrogens (tertiary/aromatic N) is 4. The number of aryl methyl sites for hydroxylation is 1. The molecule has 1 atom stereocenters. The van der Waals surface area contributed by atoms with Crippen LogP contribution in [0.15, 0.2) is 18.2 Å². The van der Waals surface area contributed by atoms with Crippen molar-refractivity contribution in [2.45, 2.75) is 45.6 Å². The molecule has 102 valence electrons. The number of pyridine rings is 1. The topological polar surface area (TPSA) is 33.4 Å². The lowest BCUT2D eigenvalue weighted by Gasteiger charge is -2.34. The number of rotatable bonds is 3. The number of piperidine rings is 1. The maximum atomic E-state index is 4.66. The summed E-state index contributed by atoms with van der Waals surface area (Å²) < 4.78 is 1.95. The first kappa shape index (κ1) is 12.6. The van der Waals surface area contributed by atoms with Crippen LogP contribution in [0.3, 0.4) is 0 Å². The van der Waals surface area contributed by atoms with Crippen molar-refractivity contribution in [3.63, 3.8) is 0 Å². The first-order valence-electron chi connectivity index (χ1n) is 7.33. The summed E-state index contributed by atoms with van der Waals surface area (Å²) in [6.45, 7) is 6.69. The molecular weight excluding hydrogens is 236 g/mol. The second kappa shape index (κ2) is 5.29. The predicted molar refractivity (Wildman–Crippen MR) is 76.3 cm³/mol. The van der Waals surface area contributed by atoms with Crippen molar-refractivity contribution in [3.05, 3.63) is 29.7 Å². The van der Waals surface area contributed by atoms with E-state index in [2.05, 4.69) is 34.9 Å². The Morgan fingerprint density at radius 1 is 1.32 bits per heavy atom. The minimum atomic E-state index is 0.622. The molecule has 1 saturated heterocycles. The van der Waals surface area contributed by atoms with E-state index in [9.17, 15) is 0 Å². The van der Waals surface area contributed by atoms with Crippen LogP contribution >= 0.6 is 0 Å². The summed E-state index contributed by atoms with van der Waals surface area (Å²) in [5.74, 6) is 0.986. The fraction of sp³-hybridized carbons (Fsp3) is 0.600. The summed E-state index contributed by atoms with van der Waals surface area (Å²) in [6, 6.07) is 6.77. The van der Waals surface area contributed by atoms with Gasteiger partial charge in [0, 0.05) is 18.2 Å². The van der Waals surface area contributed by atoms with Gasteiger partial charge in [-0.15, -0.1) is 0 Å². The van der Waals surface area contributed by atoms with Crippen molar-refractivity contribution in [1.82, 2.24) is 19.5 Å². The molecule has 3 rings (SSSR count). The molecule has 0 N–H and O–H groups in total. The van der Waals surface area contributed by atoms with Gasteiger partial charge in [-0.2, -0.15) is 5.10 Å². The van der Waals surface area contributed by atoms with Gasteiger partial charge in [0.2, 0.25) is 0 Å². The molecule has 0 spiro atoms. The smallest absolute Gasteiger partial charge is 0.155 e. The minimum Gasteiger partial charge on any atom is -0.300 e. The van der Waals surface area contributed by atoms with Crippen molar-refractivity contribution < 1.29 is 0 Å². The first-order chi connectivity index (χ1) is 9.28. The van der Waals surface area contributed by atoms with Gasteiger partial charge in [-0.05, 0) is 45.0 Å². The van der Waals surface area contributed by atoms with Crippen molar-refractivity contribution in [2.75, 3.05) is 13.1 Å². The largest absolute Gasteiger partial charge is 0.300 e. The van der Waals surface area contributed by atoms with Gasteiger partial charge in [0.25, 0.3) is 0 Å². The molecule has 0 bridgehead atoms. The third-order valence-electron chi connectivity index (χ3n) is 4.17. The highest BCUT2D eigenvalue weighted by Crippen LogP contribution is 2.19. The molecule has 0 aliphatic carbocycles. The van der Waals surface area contributed by atoms with Crippen LogP contribution in [0.4, 0.5) is 0 Å². The SMILES string of the molecule is CCN1CCCCC1Cc1nc2cccc(C)n2n1. The highest BCUT2D eigenvalue weighted by molar-refractivity contribution is 5.38. The van der Waals surface area contributed by atoms with E-state index in [1.807, 2.05) is 16.6 Å². The van der Waals surface area contributed by atoms with E-state index in [1.165, 1.54) is 25.8 Å². The molecule has 1 aliphatic rings. The molecule has 0 radical (unpaired) electrons. The summed E-state index contributed by atoms with van der Waals surface area (Å²) in [5.41, 5.74) is 2.11. The van der Waals surface area contributed by atoms with Crippen molar-refractivity contribution >= 4 is 5.65 Å². The average Bonchev–Trinajstić information content (AvgIpc) is 2.83. The van der Waals surface area contributed by atoms with Gasteiger partial charge in [0.1, 0.15) is 0 Å². The van der Waals surface area contributed by atoms with Crippen LogP contribution < -0.4 is 0 Å². The molecule has 0 aromatic carbocycles. The summed E-state index contributed by atoms with van der Waals surface area (Å²) in [5, 5.41) is 4.65. The van der Waals surface area contributed by atoms with Crippen LogP contribution in [-0.4, -0.2) is 38.6 Å². The van der Waals surface area contributed by atoms with E-state index in [-0.39, 0.29) is 0 Å². The monoisotopic (exact) mass is 258 g/mol. The lowest BCUT2D eigenvalue weighted by molar-refractivity contribution is 0.154. The van der Waals surface area contributed by atoms with Crippen molar-refractivity contribution in [3.8, 4) is 0 Å². The summed E-state index contributed by atoms with van der Waals surface area (Å²) in [6.07, 6.45) is 4.94. The number of hydrogen-bond acceptors (Lipinski definition) is 3. The third-order valence-corrected chi connectivity index (χ3v) is 4.17. The molecule has 4 heteroatoms. The van der Waals surface area contributed by atoms with E-state index >= 15 is 0 Å². The molecule has 1 aliphatic heterocycles. The van der Waals surface area contributed by atoms with Gasteiger partial charge in [-0.3, -0.25) is 0 Å². The molecule has 4 nitrogen and oxygen atoms in total. The van der Waals surface area contributed by atoms with Crippen molar-refractivity contribution in [2.24, 2.45) is 0 Å². The number of hydrogen-bond donors (Lipinski definition) is 0. The fourth-order valence-corrected chi connectivity index (χ4v) is 3.08. The molecule has 3 heterocycles. The number of fused-ring (bicyclic) bond motifs is 1. The highest BCUT2D eigenvalue weighted by Gasteiger charge is 2.22. The van der Waals surface area contributed by atoms with E-state index in [0.29, 0.717) is 6.04 Å².